The molecule has 10 heteroatoms. The largest absolute Gasteiger partial charge is 0.467 e. The van der Waals surface area contributed by atoms with Crippen LogP contribution in [0.3, 0.4) is 0 Å². The number of carbonyl (C=O) groups is 1. The summed E-state index contributed by atoms with van der Waals surface area (Å²) >= 11 is 13.2. The second kappa shape index (κ2) is 7.90. The van der Waals surface area contributed by atoms with E-state index in [4.69, 9.17) is 27.6 Å². The number of carbonyl (C=O) groups excluding carboxylic acids is 1. The molecule has 1 unspecified atom stereocenters. The average Bonchev–Trinajstić information content (AvgIpc) is 3.23. The molecule has 1 amide bonds. The highest BCUT2D eigenvalue weighted by atomic mass is 35.5. The molecule has 0 bridgehead atoms. The minimum Gasteiger partial charge on any atom is -0.467 e. The number of aromatic nitrogens is 4. The minimum absolute atomic E-state index is 0.221. The Morgan fingerprint density at radius 1 is 1.40 bits per heavy atom. The number of amides is 1. The molecule has 2 heterocycles. The number of nitrogens with one attached hydrogen (secondary N) is 1. The van der Waals surface area contributed by atoms with E-state index in [9.17, 15) is 4.79 Å². The molecule has 1 N–H and O–H groups in total. The van der Waals surface area contributed by atoms with E-state index in [-0.39, 0.29) is 5.91 Å². The number of halogens is 2. The van der Waals surface area contributed by atoms with Gasteiger partial charge in [-0.25, -0.2) is 4.68 Å². The van der Waals surface area contributed by atoms with Crippen molar-refractivity contribution in [2.24, 2.45) is 0 Å². The van der Waals surface area contributed by atoms with Crippen molar-refractivity contribution >= 4 is 46.6 Å². The Labute approximate surface area is 157 Å². The quantitative estimate of drug-likeness (QED) is 0.637. The van der Waals surface area contributed by atoms with E-state index in [1.165, 1.54) is 11.8 Å². The fraction of sp³-hybridized carbons (Fsp3) is 0.200. The monoisotopic (exact) mass is 397 g/mol. The van der Waals surface area contributed by atoms with E-state index in [0.29, 0.717) is 27.4 Å². The third-order valence-electron chi connectivity index (χ3n) is 3.23. The van der Waals surface area contributed by atoms with Crippen LogP contribution >= 0.6 is 35.0 Å². The van der Waals surface area contributed by atoms with Crippen LogP contribution in [0, 0.1) is 0 Å². The maximum absolute atomic E-state index is 12.4. The van der Waals surface area contributed by atoms with Crippen LogP contribution < -0.4 is 5.32 Å². The first-order valence-electron chi connectivity index (χ1n) is 7.24. The number of anilines is 1. The number of nitrogens with zero attached hydrogens (tertiary/aromatic N) is 4. The summed E-state index contributed by atoms with van der Waals surface area (Å²) in [5, 5.41) is 15.3. The fourth-order valence-electron chi connectivity index (χ4n) is 1.97. The molecule has 3 rings (SSSR count). The Hall–Kier alpha value is -2.03. The summed E-state index contributed by atoms with van der Waals surface area (Å²) in [4.78, 5) is 12.4. The average molecular weight is 398 g/mol. The summed E-state index contributed by atoms with van der Waals surface area (Å²) in [5.41, 5.74) is 0.499. The van der Waals surface area contributed by atoms with Gasteiger partial charge in [0, 0.05) is 5.02 Å². The zero-order chi connectivity index (χ0) is 17.8. The predicted molar refractivity (Wildman–Crippen MR) is 96.0 cm³/mol. The molecule has 0 radical (unpaired) electrons. The lowest BCUT2D eigenvalue weighted by molar-refractivity contribution is -0.115. The van der Waals surface area contributed by atoms with Crippen molar-refractivity contribution in [2.75, 3.05) is 5.32 Å². The molecule has 0 spiro atoms. The van der Waals surface area contributed by atoms with Gasteiger partial charge in [0.1, 0.15) is 12.3 Å². The van der Waals surface area contributed by atoms with Crippen molar-refractivity contribution in [3.63, 3.8) is 0 Å². The van der Waals surface area contributed by atoms with Gasteiger partial charge in [-0.05, 0) is 47.7 Å². The molecule has 0 saturated heterocycles. The third kappa shape index (κ3) is 4.53. The molecular formula is C15H13Cl2N5O2S. The summed E-state index contributed by atoms with van der Waals surface area (Å²) in [6.07, 6.45) is 1.58. The Morgan fingerprint density at radius 2 is 2.24 bits per heavy atom. The molecule has 0 saturated carbocycles. The number of thioether (sulfide) groups is 1. The van der Waals surface area contributed by atoms with Crippen LogP contribution in [-0.4, -0.2) is 31.4 Å². The Morgan fingerprint density at radius 3 is 2.96 bits per heavy atom. The highest BCUT2D eigenvalue weighted by molar-refractivity contribution is 8.00. The first-order valence-corrected chi connectivity index (χ1v) is 8.87. The van der Waals surface area contributed by atoms with Crippen molar-refractivity contribution in [3.05, 3.63) is 52.4 Å². The number of hydrogen-bond donors (Lipinski definition) is 1. The van der Waals surface area contributed by atoms with Gasteiger partial charge in [0.05, 0.1) is 22.2 Å². The zero-order valence-electron chi connectivity index (χ0n) is 13.0. The lowest BCUT2D eigenvalue weighted by atomic mass is 10.3. The number of rotatable bonds is 6. The molecule has 0 aliphatic heterocycles. The van der Waals surface area contributed by atoms with E-state index in [2.05, 4.69) is 20.8 Å². The van der Waals surface area contributed by atoms with E-state index in [0.717, 1.165) is 5.76 Å². The van der Waals surface area contributed by atoms with Gasteiger partial charge in [0.25, 0.3) is 0 Å². The maximum atomic E-state index is 12.4. The van der Waals surface area contributed by atoms with Gasteiger partial charge < -0.3 is 9.73 Å². The molecule has 7 nitrogen and oxygen atoms in total. The molecule has 0 fully saturated rings. The van der Waals surface area contributed by atoms with Gasteiger partial charge in [-0.15, -0.1) is 5.10 Å². The predicted octanol–water partition coefficient (Wildman–Crippen LogP) is 3.74. The van der Waals surface area contributed by atoms with E-state index >= 15 is 0 Å². The number of hydrogen-bond acceptors (Lipinski definition) is 6. The first kappa shape index (κ1) is 17.8. The Kier molecular flexibility index (Phi) is 5.62. The highest BCUT2D eigenvalue weighted by Crippen LogP contribution is 2.27. The number of benzene rings is 1. The third-order valence-corrected chi connectivity index (χ3v) is 4.84. The second-order valence-corrected chi connectivity index (χ2v) is 7.22. The summed E-state index contributed by atoms with van der Waals surface area (Å²) in [6.45, 7) is 2.15. The summed E-state index contributed by atoms with van der Waals surface area (Å²) in [6, 6.07) is 8.50. The van der Waals surface area contributed by atoms with Crippen molar-refractivity contribution in [2.45, 2.75) is 23.9 Å². The zero-order valence-corrected chi connectivity index (χ0v) is 15.3. The van der Waals surface area contributed by atoms with Crippen LogP contribution in [-0.2, 0) is 11.3 Å². The Bertz CT molecular complexity index is 869. The molecule has 2 aromatic heterocycles. The van der Waals surface area contributed by atoms with Crippen LogP contribution in [0.2, 0.25) is 10.0 Å². The van der Waals surface area contributed by atoms with Gasteiger partial charge in [0.15, 0.2) is 0 Å². The van der Waals surface area contributed by atoms with E-state index in [1.54, 1.807) is 42.1 Å². The molecule has 25 heavy (non-hydrogen) atoms. The van der Waals surface area contributed by atoms with Crippen molar-refractivity contribution in [3.8, 4) is 0 Å². The van der Waals surface area contributed by atoms with Crippen LogP contribution in [0.4, 0.5) is 5.69 Å². The molecule has 1 atom stereocenters. The first-order chi connectivity index (χ1) is 12.0. The Balaban J connectivity index is 1.65. The molecule has 0 aliphatic rings. The van der Waals surface area contributed by atoms with Gasteiger partial charge in [-0.3, -0.25) is 4.79 Å². The molecule has 130 valence electrons. The van der Waals surface area contributed by atoms with Crippen LogP contribution in [0.15, 0.2) is 46.2 Å². The smallest absolute Gasteiger partial charge is 0.237 e. The number of furan rings is 1. The standard InChI is InChI=1S/C15H13Cl2N5O2S/c1-9(14(23)18-13-5-4-10(16)7-12(13)17)25-15-19-20-21-22(15)8-11-3-2-6-24-11/h2-7,9H,8H2,1H3,(H,18,23). The summed E-state index contributed by atoms with van der Waals surface area (Å²) in [7, 11) is 0. The maximum Gasteiger partial charge on any atom is 0.237 e. The summed E-state index contributed by atoms with van der Waals surface area (Å²) in [5.74, 6) is 0.501. The van der Waals surface area contributed by atoms with E-state index in [1.807, 2.05) is 6.07 Å². The van der Waals surface area contributed by atoms with Crippen LogP contribution in [0.1, 0.15) is 12.7 Å². The fourth-order valence-corrected chi connectivity index (χ4v) is 3.21. The normalized spacial score (nSPS) is 12.1. The lowest BCUT2D eigenvalue weighted by Gasteiger charge is -2.12. The SMILES string of the molecule is CC(Sc1nnnn1Cc1ccco1)C(=O)Nc1ccc(Cl)cc1Cl. The second-order valence-electron chi connectivity index (χ2n) is 5.07. The van der Waals surface area contributed by atoms with Crippen LogP contribution in [0.25, 0.3) is 0 Å². The molecule has 0 aliphatic carbocycles. The van der Waals surface area contributed by atoms with Crippen molar-refractivity contribution < 1.29 is 9.21 Å². The molecule has 1 aromatic carbocycles. The number of tetrazole rings is 1. The highest BCUT2D eigenvalue weighted by Gasteiger charge is 2.20. The summed E-state index contributed by atoms with van der Waals surface area (Å²) < 4.78 is 6.86. The van der Waals surface area contributed by atoms with Gasteiger partial charge >= 0.3 is 0 Å². The lowest BCUT2D eigenvalue weighted by Crippen LogP contribution is -2.23. The van der Waals surface area contributed by atoms with Crippen LogP contribution in [0.5, 0.6) is 0 Å². The minimum atomic E-state index is -0.437. The van der Waals surface area contributed by atoms with Gasteiger partial charge in [-0.1, -0.05) is 35.0 Å². The van der Waals surface area contributed by atoms with Gasteiger partial charge in [0.2, 0.25) is 11.1 Å². The molecular weight excluding hydrogens is 385 g/mol. The van der Waals surface area contributed by atoms with E-state index < -0.39 is 5.25 Å². The van der Waals surface area contributed by atoms with Gasteiger partial charge in [-0.2, -0.15) is 0 Å². The van der Waals surface area contributed by atoms with Crippen molar-refractivity contribution in [1.82, 2.24) is 20.2 Å². The van der Waals surface area contributed by atoms with Crippen molar-refractivity contribution in [1.29, 1.82) is 0 Å². The topological polar surface area (TPSA) is 85.8 Å². The molecule has 3 aromatic rings.